The Morgan fingerprint density at radius 2 is 1.67 bits per heavy atom. The molecule has 6 nitrogen and oxygen atoms in total. The van der Waals surface area contributed by atoms with Gasteiger partial charge in [-0.25, -0.2) is 4.98 Å². The highest BCUT2D eigenvalue weighted by Crippen LogP contribution is 2.28. The van der Waals surface area contributed by atoms with Crippen LogP contribution in [0, 0.1) is 0 Å². The number of para-hydroxylation sites is 1. The maximum atomic E-state index is 11.1. The van der Waals surface area contributed by atoms with E-state index in [1.54, 1.807) is 0 Å². The van der Waals surface area contributed by atoms with Crippen molar-refractivity contribution >= 4 is 40.0 Å². The summed E-state index contributed by atoms with van der Waals surface area (Å²) in [7, 11) is 0. The molecule has 0 saturated heterocycles. The van der Waals surface area contributed by atoms with Gasteiger partial charge < -0.3 is 16.0 Å². The van der Waals surface area contributed by atoms with Crippen LogP contribution in [0.2, 0.25) is 0 Å². The van der Waals surface area contributed by atoms with Crippen LogP contribution < -0.4 is 16.0 Å². The first-order chi connectivity index (χ1) is 13.2. The number of fused-ring (bicyclic) bond motifs is 1. The number of carbonyl (C=O) groups excluding carboxylic acids is 1. The third kappa shape index (κ3) is 4.16. The zero-order chi connectivity index (χ0) is 18.6. The van der Waals surface area contributed by atoms with Crippen LogP contribution in [-0.4, -0.2) is 21.9 Å². The summed E-state index contributed by atoms with van der Waals surface area (Å²) in [5.41, 5.74) is 2.53. The molecule has 0 radical (unpaired) electrons. The molecule has 1 fully saturated rings. The van der Waals surface area contributed by atoms with E-state index in [1.165, 1.54) is 32.6 Å². The summed E-state index contributed by atoms with van der Waals surface area (Å²) in [5.74, 6) is 1.35. The molecule has 1 aliphatic carbocycles. The van der Waals surface area contributed by atoms with Crippen LogP contribution in [0.4, 0.5) is 23.1 Å². The third-order valence-electron chi connectivity index (χ3n) is 4.76. The molecule has 6 heteroatoms. The van der Waals surface area contributed by atoms with Gasteiger partial charge >= 0.3 is 0 Å². The SMILES string of the molecule is CC(=O)Nc1ccc(Nc2nc(NC3CCCC3)c3ccccc3n2)cc1. The molecule has 1 heterocycles. The van der Waals surface area contributed by atoms with Crippen LogP contribution in [0.25, 0.3) is 10.9 Å². The summed E-state index contributed by atoms with van der Waals surface area (Å²) < 4.78 is 0. The largest absolute Gasteiger partial charge is 0.367 e. The maximum absolute atomic E-state index is 11.1. The van der Waals surface area contributed by atoms with Gasteiger partial charge in [0.2, 0.25) is 11.9 Å². The molecule has 1 amide bonds. The molecule has 0 unspecified atom stereocenters. The highest BCUT2D eigenvalue weighted by molar-refractivity contribution is 5.91. The van der Waals surface area contributed by atoms with Crippen LogP contribution in [-0.2, 0) is 4.79 Å². The summed E-state index contributed by atoms with van der Waals surface area (Å²) in [6.07, 6.45) is 4.91. The van der Waals surface area contributed by atoms with Gasteiger partial charge in [-0.1, -0.05) is 25.0 Å². The lowest BCUT2D eigenvalue weighted by Gasteiger charge is -2.16. The average molecular weight is 361 g/mol. The molecular formula is C21H23N5O. The van der Waals surface area contributed by atoms with Gasteiger partial charge in [0, 0.05) is 29.7 Å². The van der Waals surface area contributed by atoms with Crippen molar-refractivity contribution in [3.63, 3.8) is 0 Å². The van der Waals surface area contributed by atoms with Gasteiger partial charge in [-0.15, -0.1) is 0 Å². The lowest BCUT2D eigenvalue weighted by Crippen LogP contribution is -2.16. The van der Waals surface area contributed by atoms with E-state index in [0.717, 1.165) is 28.1 Å². The molecule has 0 spiro atoms. The van der Waals surface area contributed by atoms with Gasteiger partial charge in [-0.3, -0.25) is 4.79 Å². The van der Waals surface area contributed by atoms with Crippen molar-refractivity contribution in [2.45, 2.75) is 38.6 Å². The molecule has 1 aromatic heterocycles. The van der Waals surface area contributed by atoms with E-state index in [0.29, 0.717) is 12.0 Å². The highest BCUT2D eigenvalue weighted by atomic mass is 16.1. The molecule has 1 saturated carbocycles. The summed E-state index contributed by atoms with van der Waals surface area (Å²) >= 11 is 0. The van der Waals surface area contributed by atoms with Crippen LogP contribution >= 0.6 is 0 Å². The smallest absolute Gasteiger partial charge is 0.229 e. The Bertz CT molecular complexity index is 948. The van der Waals surface area contributed by atoms with Crippen molar-refractivity contribution in [1.82, 2.24) is 9.97 Å². The van der Waals surface area contributed by atoms with Crippen LogP contribution in [0.1, 0.15) is 32.6 Å². The van der Waals surface area contributed by atoms with E-state index in [1.807, 2.05) is 42.5 Å². The fourth-order valence-corrected chi connectivity index (χ4v) is 3.48. The standard InChI is InChI=1S/C21H23N5O/c1-14(27)22-16-10-12-17(13-11-16)24-21-25-19-9-5-4-8-18(19)20(26-21)23-15-6-2-3-7-15/h4-5,8-13,15H,2-3,6-7H2,1H3,(H,22,27)(H2,23,24,25,26). The minimum Gasteiger partial charge on any atom is -0.367 e. The lowest BCUT2D eigenvalue weighted by atomic mass is 10.2. The van der Waals surface area contributed by atoms with Crippen molar-refractivity contribution in [2.75, 3.05) is 16.0 Å². The van der Waals surface area contributed by atoms with Crippen molar-refractivity contribution in [3.8, 4) is 0 Å². The number of nitrogens with one attached hydrogen (secondary N) is 3. The average Bonchev–Trinajstić information content (AvgIpc) is 3.16. The minimum atomic E-state index is -0.0869. The fourth-order valence-electron chi connectivity index (χ4n) is 3.48. The number of aromatic nitrogens is 2. The van der Waals surface area contributed by atoms with Crippen molar-refractivity contribution in [2.24, 2.45) is 0 Å². The molecule has 4 rings (SSSR count). The molecule has 138 valence electrons. The maximum Gasteiger partial charge on any atom is 0.229 e. The number of benzene rings is 2. The number of hydrogen-bond acceptors (Lipinski definition) is 5. The molecule has 1 aliphatic rings. The summed E-state index contributed by atoms with van der Waals surface area (Å²) in [4.78, 5) is 20.5. The number of hydrogen-bond donors (Lipinski definition) is 3. The van der Waals surface area contributed by atoms with Gasteiger partial charge in [0.15, 0.2) is 0 Å². The van der Waals surface area contributed by atoms with E-state index in [2.05, 4.69) is 27.0 Å². The molecule has 0 atom stereocenters. The number of amides is 1. The fraction of sp³-hybridized carbons (Fsp3) is 0.286. The second kappa shape index (κ2) is 7.61. The topological polar surface area (TPSA) is 78.9 Å². The first-order valence-electron chi connectivity index (χ1n) is 9.35. The van der Waals surface area contributed by atoms with Crippen molar-refractivity contribution < 1.29 is 4.79 Å². The number of anilines is 4. The van der Waals surface area contributed by atoms with E-state index in [4.69, 9.17) is 4.98 Å². The second-order valence-corrected chi connectivity index (χ2v) is 6.92. The van der Waals surface area contributed by atoms with Crippen LogP contribution in [0.5, 0.6) is 0 Å². The predicted octanol–water partition coefficient (Wildman–Crippen LogP) is 4.69. The van der Waals surface area contributed by atoms with Crippen molar-refractivity contribution in [1.29, 1.82) is 0 Å². The highest BCUT2D eigenvalue weighted by Gasteiger charge is 2.17. The van der Waals surface area contributed by atoms with E-state index in [9.17, 15) is 4.79 Å². The predicted molar refractivity (Wildman–Crippen MR) is 109 cm³/mol. The van der Waals surface area contributed by atoms with Crippen LogP contribution in [0.15, 0.2) is 48.5 Å². The van der Waals surface area contributed by atoms with Crippen LogP contribution in [0.3, 0.4) is 0 Å². The number of rotatable bonds is 5. The molecule has 27 heavy (non-hydrogen) atoms. The summed E-state index contributed by atoms with van der Waals surface area (Å²) in [6.45, 7) is 1.49. The quantitative estimate of drug-likeness (QED) is 0.614. The Labute approximate surface area is 158 Å². The van der Waals surface area contributed by atoms with Gasteiger partial charge in [-0.2, -0.15) is 4.98 Å². The normalized spacial score (nSPS) is 14.3. The first-order valence-corrected chi connectivity index (χ1v) is 9.35. The van der Waals surface area contributed by atoms with E-state index in [-0.39, 0.29) is 5.91 Å². The zero-order valence-electron chi connectivity index (χ0n) is 15.3. The number of nitrogens with zero attached hydrogens (tertiary/aromatic N) is 2. The van der Waals surface area contributed by atoms with E-state index >= 15 is 0 Å². The molecule has 3 aromatic rings. The van der Waals surface area contributed by atoms with E-state index < -0.39 is 0 Å². The second-order valence-electron chi connectivity index (χ2n) is 6.92. The Morgan fingerprint density at radius 1 is 0.963 bits per heavy atom. The third-order valence-corrected chi connectivity index (χ3v) is 4.76. The molecular weight excluding hydrogens is 338 g/mol. The van der Waals surface area contributed by atoms with Gasteiger partial charge in [0.05, 0.1) is 5.52 Å². The van der Waals surface area contributed by atoms with Gasteiger partial charge in [0.1, 0.15) is 5.82 Å². The molecule has 2 aromatic carbocycles. The molecule has 3 N–H and O–H groups in total. The Hall–Kier alpha value is -3.15. The monoisotopic (exact) mass is 361 g/mol. The lowest BCUT2D eigenvalue weighted by molar-refractivity contribution is -0.114. The first kappa shape index (κ1) is 17.3. The van der Waals surface area contributed by atoms with Crippen molar-refractivity contribution in [3.05, 3.63) is 48.5 Å². The number of carbonyl (C=O) groups is 1. The molecule has 0 bridgehead atoms. The van der Waals surface area contributed by atoms with Gasteiger partial charge in [-0.05, 0) is 49.2 Å². The Morgan fingerprint density at radius 3 is 2.41 bits per heavy atom. The van der Waals surface area contributed by atoms with Gasteiger partial charge in [0.25, 0.3) is 0 Å². The minimum absolute atomic E-state index is 0.0869. The summed E-state index contributed by atoms with van der Waals surface area (Å²) in [6, 6.07) is 16.0. The Kier molecular flexibility index (Phi) is 4.87. The molecule has 0 aliphatic heterocycles. The zero-order valence-corrected chi connectivity index (χ0v) is 15.3. The summed E-state index contributed by atoms with van der Waals surface area (Å²) in [5, 5.41) is 10.7. The Balaban J connectivity index is 1.60.